The van der Waals surface area contributed by atoms with Crippen molar-refractivity contribution in [3.63, 3.8) is 0 Å². The van der Waals surface area contributed by atoms with Gasteiger partial charge in [-0.2, -0.15) is 0 Å². The Morgan fingerprint density at radius 1 is 1.31 bits per heavy atom. The van der Waals surface area contributed by atoms with E-state index in [2.05, 4.69) is 48.2 Å². The van der Waals surface area contributed by atoms with Gasteiger partial charge in [0, 0.05) is 24.2 Å². The van der Waals surface area contributed by atoms with Gasteiger partial charge in [-0.15, -0.1) is 0 Å². The fourth-order valence-electron chi connectivity index (χ4n) is 2.81. The Labute approximate surface area is 96.6 Å². The third kappa shape index (κ3) is 1.43. The highest BCUT2D eigenvalue weighted by molar-refractivity contribution is 5.57. The van der Waals surface area contributed by atoms with Crippen LogP contribution in [0, 0.1) is 5.92 Å². The predicted molar refractivity (Wildman–Crippen MR) is 66.3 cm³/mol. The average molecular weight is 217 g/mol. The molecule has 3 heteroatoms. The lowest BCUT2D eigenvalue weighted by atomic mass is 9.85. The minimum atomic E-state index is 0.470. The average Bonchev–Trinajstić information content (AvgIpc) is 2.71. The zero-order valence-corrected chi connectivity index (χ0v) is 9.88. The molecule has 0 amide bonds. The fourth-order valence-corrected chi connectivity index (χ4v) is 2.81. The van der Waals surface area contributed by atoms with Gasteiger partial charge in [-0.1, -0.05) is 19.1 Å². The van der Waals surface area contributed by atoms with Crippen LogP contribution in [-0.2, 0) is 6.42 Å². The fraction of sp³-hybridized carbons (Fsp3) is 0.538. The van der Waals surface area contributed by atoms with E-state index in [1.165, 1.54) is 16.8 Å². The van der Waals surface area contributed by atoms with Crippen molar-refractivity contribution in [2.24, 2.45) is 5.92 Å². The first-order valence-electron chi connectivity index (χ1n) is 6.17. The first kappa shape index (κ1) is 10.1. The van der Waals surface area contributed by atoms with Gasteiger partial charge in [0.05, 0.1) is 6.04 Å². The van der Waals surface area contributed by atoms with Crippen molar-refractivity contribution < 1.29 is 0 Å². The summed E-state index contributed by atoms with van der Waals surface area (Å²) in [6.07, 6.45) is 1.10. The summed E-state index contributed by atoms with van der Waals surface area (Å²) >= 11 is 0. The zero-order chi connectivity index (χ0) is 11.1. The molecule has 3 nitrogen and oxygen atoms in total. The molecule has 3 unspecified atom stereocenters. The molecule has 0 bridgehead atoms. The predicted octanol–water partition coefficient (Wildman–Crippen LogP) is 1.83. The number of fused-ring (bicyclic) bond motifs is 3. The first-order chi connectivity index (χ1) is 7.79. The third-order valence-electron chi connectivity index (χ3n) is 3.92. The second kappa shape index (κ2) is 3.75. The molecule has 1 saturated heterocycles. The van der Waals surface area contributed by atoms with Gasteiger partial charge in [-0.05, 0) is 30.5 Å². The van der Waals surface area contributed by atoms with Crippen LogP contribution in [0.3, 0.4) is 0 Å². The number of aryl methyl sites for hydroxylation is 1. The largest absolute Gasteiger partial charge is 0.384 e. The molecule has 3 atom stereocenters. The highest BCUT2D eigenvalue weighted by atomic mass is 15.4. The SMILES string of the molecule is CCc1ccc2c(c1)C1NNC(C)C1CN2. The molecule has 0 spiro atoms. The van der Waals surface area contributed by atoms with E-state index in [1.54, 1.807) is 0 Å². The van der Waals surface area contributed by atoms with E-state index in [9.17, 15) is 0 Å². The standard InChI is InChI=1S/C13H19N3/c1-3-9-4-5-12-10(6-9)13-11(7-14-12)8(2)15-16-13/h4-6,8,11,13-16H,3,7H2,1-2H3. The number of rotatable bonds is 1. The van der Waals surface area contributed by atoms with E-state index in [1.807, 2.05) is 0 Å². The molecule has 0 aromatic heterocycles. The summed E-state index contributed by atoms with van der Waals surface area (Å²) in [7, 11) is 0. The lowest BCUT2D eigenvalue weighted by Gasteiger charge is -2.30. The van der Waals surface area contributed by atoms with Gasteiger partial charge in [0.2, 0.25) is 0 Å². The topological polar surface area (TPSA) is 36.1 Å². The molecule has 3 N–H and O–H groups in total. The zero-order valence-electron chi connectivity index (χ0n) is 9.88. The number of hydrogen-bond acceptors (Lipinski definition) is 3. The van der Waals surface area contributed by atoms with E-state index in [-0.39, 0.29) is 0 Å². The quantitative estimate of drug-likeness (QED) is 0.671. The van der Waals surface area contributed by atoms with Crippen LogP contribution in [0.2, 0.25) is 0 Å². The molecular formula is C13H19N3. The molecule has 16 heavy (non-hydrogen) atoms. The van der Waals surface area contributed by atoms with Gasteiger partial charge in [0.25, 0.3) is 0 Å². The van der Waals surface area contributed by atoms with Crippen molar-refractivity contribution in [3.05, 3.63) is 29.3 Å². The minimum Gasteiger partial charge on any atom is -0.384 e. The number of hydrogen-bond donors (Lipinski definition) is 3. The summed E-state index contributed by atoms with van der Waals surface area (Å²) in [5, 5.41) is 3.54. The van der Waals surface area contributed by atoms with Gasteiger partial charge < -0.3 is 5.32 Å². The van der Waals surface area contributed by atoms with E-state index in [0.29, 0.717) is 18.0 Å². The Balaban J connectivity index is 2.01. The Morgan fingerprint density at radius 3 is 3.00 bits per heavy atom. The van der Waals surface area contributed by atoms with Crippen LogP contribution >= 0.6 is 0 Å². The summed E-state index contributed by atoms with van der Waals surface area (Å²) in [5.41, 5.74) is 10.9. The number of benzene rings is 1. The molecule has 1 fully saturated rings. The van der Waals surface area contributed by atoms with E-state index >= 15 is 0 Å². The van der Waals surface area contributed by atoms with E-state index in [4.69, 9.17) is 0 Å². The van der Waals surface area contributed by atoms with Crippen LogP contribution in [0.1, 0.15) is 31.0 Å². The highest BCUT2D eigenvalue weighted by Gasteiger charge is 2.37. The van der Waals surface area contributed by atoms with Crippen molar-refractivity contribution in [1.29, 1.82) is 0 Å². The summed E-state index contributed by atoms with van der Waals surface area (Å²) in [6.45, 7) is 5.51. The maximum Gasteiger partial charge on any atom is 0.0543 e. The number of anilines is 1. The Bertz CT molecular complexity index is 402. The molecule has 0 aliphatic carbocycles. The maximum atomic E-state index is 3.54. The second-order valence-electron chi connectivity index (χ2n) is 4.87. The lowest BCUT2D eigenvalue weighted by Crippen LogP contribution is -2.32. The van der Waals surface area contributed by atoms with Crippen LogP contribution in [0.15, 0.2) is 18.2 Å². The number of hydrazine groups is 1. The molecule has 1 aromatic carbocycles. The van der Waals surface area contributed by atoms with Crippen LogP contribution in [0.5, 0.6) is 0 Å². The van der Waals surface area contributed by atoms with Gasteiger partial charge in [0.1, 0.15) is 0 Å². The van der Waals surface area contributed by atoms with Gasteiger partial charge in [-0.25, -0.2) is 5.43 Å². The Hall–Kier alpha value is -1.06. The normalized spacial score (nSPS) is 31.8. The molecule has 1 aromatic rings. The van der Waals surface area contributed by atoms with E-state index < -0.39 is 0 Å². The summed E-state index contributed by atoms with van der Waals surface area (Å²) in [6, 6.07) is 7.78. The minimum absolute atomic E-state index is 0.470. The highest BCUT2D eigenvalue weighted by Crippen LogP contribution is 2.37. The van der Waals surface area contributed by atoms with E-state index in [0.717, 1.165) is 13.0 Å². The molecule has 86 valence electrons. The van der Waals surface area contributed by atoms with Crippen molar-refractivity contribution in [1.82, 2.24) is 10.9 Å². The molecule has 3 rings (SSSR count). The second-order valence-corrected chi connectivity index (χ2v) is 4.87. The molecule has 0 saturated carbocycles. The first-order valence-corrected chi connectivity index (χ1v) is 6.17. The molecule has 2 heterocycles. The monoisotopic (exact) mass is 217 g/mol. The van der Waals surface area contributed by atoms with Crippen molar-refractivity contribution >= 4 is 5.69 Å². The van der Waals surface area contributed by atoms with Crippen molar-refractivity contribution in [2.45, 2.75) is 32.4 Å². The molecule has 0 radical (unpaired) electrons. The van der Waals surface area contributed by atoms with Gasteiger partial charge >= 0.3 is 0 Å². The smallest absolute Gasteiger partial charge is 0.0543 e. The molecule has 2 aliphatic heterocycles. The van der Waals surface area contributed by atoms with Crippen LogP contribution < -0.4 is 16.2 Å². The molecular weight excluding hydrogens is 198 g/mol. The Morgan fingerprint density at radius 2 is 2.19 bits per heavy atom. The van der Waals surface area contributed by atoms with Gasteiger partial charge in [-0.3, -0.25) is 5.43 Å². The third-order valence-corrected chi connectivity index (χ3v) is 3.92. The van der Waals surface area contributed by atoms with Crippen molar-refractivity contribution in [2.75, 3.05) is 11.9 Å². The number of nitrogens with one attached hydrogen (secondary N) is 3. The van der Waals surface area contributed by atoms with Crippen LogP contribution in [0.25, 0.3) is 0 Å². The lowest BCUT2D eigenvalue weighted by molar-refractivity contribution is 0.444. The maximum absolute atomic E-state index is 3.54. The summed E-state index contributed by atoms with van der Waals surface area (Å²) in [4.78, 5) is 0. The van der Waals surface area contributed by atoms with Crippen LogP contribution in [-0.4, -0.2) is 12.6 Å². The Kier molecular flexibility index (Phi) is 2.37. The van der Waals surface area contributed by atoms with Crippen LogP contribution in [0.4, 0.5) is 5.69 Å². The summed E-state index contributed by atoms with van der Waals surface area (Å²) < 4.78 is 0. The van der Waals surface area contributed by atoms with Crippen molar-refractivity contribution in [3.8, 4) is 0 Å². The van der Waals surface area contributed by atoms with Gasteiger partial charge in [0.15, 0.2) is 0 Å². The summed E-state index contributed by atoms with van der Waals surface area (Å²) in [5.74, 6) is 0.652. The molecule has 2 aliphatic rings.